The summed E-state index contributed by atoms with van der Waals surface area (Å²) in [5.74, 6) is 0.860. The Morgan fingerprint density at radius 3 is 2.92 bits per heavy atom. The molecule has 0 unspecified atom stereocenters. The molecule has 1 rings (SSSR count). The number of hydrogen-bond donors (Lipinski definition) is 1. The van der Waals surface area contributed by atoms with Gasteiger partial charge in [-0.25, -0.2) is 0 Å². The van der Waals surface area contributed by atoms with Gasteiger partial charge < -0.3 is 10.1 Å². The third-order valence-electron chi connectivity index (χ3n) is 2.12. The number of hydrogen-bond acceptors (Lipinski definition) is 3. The van der Waals surface area contributed by atoms with Crippen LogP contribution in [0.25, 0.3) is 0 Å². The molecule has 0 spiro atoms. The molecule has 0 aliphatic heterocycles. The molecule has 0 aromatic heterocycles. The minimum atomic E-state index is 0.649. The first-order chi connectivity index (χ1) is 6.43. The van der Waals surface area contributed by atoms with Gasteiger partial charge in [0, 0.05) is 19.6 Å². The van der Waals surface area contributed by atoms with E-state index in [1.54, 1.807) is 0 Å². The second-order valence-electron chi connectivity index (χ2n) is 3.53. The zero-order chi connectivity index (χ0) is 9.36. The summed E-state index contributed by atoms with van der Waals surface area (Å²) in [7, 11) is 0. The Balaban J connectivity index is 1.66. The van der Waals surface area contributed by atoms with Crippen molar-refractivity contribution >= 4 is 0 Å². The molecule has 0 aromatic carbocycles. The maximum absolute atomic E-state index is 8.27. The molecule has 3 nitrogen and oxygen atoms in total. The lowest BCUT2D eigenvalue weighted by Crippen LogP contribution is -2.21. The number of nitriles is 1. The molecule has 0 bridgehead atoms. The first-order valence-corrected chi connectivity index (χ1v) is 5.09. The van der Waals surface area contributed by atoms with Crippen LogP contribution in [0.4, 0.5) is 0 Å². The van der Waals surface area contributed by atoms with Crippen LogP contribution in [0, 0.1) is 17.2 Å². The Morgan fingerprint density at radius 2 is 2.23 bits per heavy atom. The van der Waals surface area contributed by atoms with Crippen LogP contribution >= 0.6 is 0 Å². The van der Waals surface area contributed by atoms with Crippen molar-refractivity contribution in [1.82, 2.24) is 5.32 Å². The Morgan fingerprint density at radius 1 is 1.38 bits per heavy atom. The second kappa shape index (κ2) is 6.88. The zero-order valence-electron chi connectivity index (χ0n) is 8.09. The molecule has 1 N–H and O–H groups in total. The fraction of sp³-hybridized carbons (Fsp3) is 0.900. The van der Waals surface area contributed by atoms with Crippen molar-refractivity contribution in [3.05, 3.63) is 0 Å². The average Bonchev–Trinajstić information content (AvgIpc) is 2.93. The van der Waals surface area contributed by atoms with E-state index in [4.69, 9.17) is 10.00 Å². The number of nitrogens with one attached hydrogen (secondary N) is 1. The van der Waals surface area contributed by atoms with E-state index in [1.807, 2.05) is 0 Å². The maximum Gasteiger partial charge on any atom is 0.0622 e. The third-order valence-corrected chi connectivity index (χ3v) is 2.12. The van der Waals surface area contributed by atoms with Gasteiger partial charge in [0.15, 0.2) is 0 Å². The molecule has 0 aromatic rings. The van der Waals surface area contributed by atoms with Crippen molar-refractivity contribution < 1.29 is 4.74 Å². The van der Waals surface area contributed by atoms with Gasteiger partial charge >= 0.3 is 0 Å². The van der Waals surface area contributed by atoms with Crippen LogP contribution in [0.5, 0.6) is 0 Å². The largest absolute Gasteiger partial charge is 0.380 e. The zero-order valence-corrected chi connectivity index (χ0v) is 8.09. The van der Waals surface area contributed by atoms with Crippen molar-refractivity contribution in [2.45, 2.75) is 25.7 Å². The molecule has 0 radical (unpaired) electrons. The molecule has 3 heteroatoms. The first kappa shape index (κ1) is 10.5. The minimum absolute atomic E-state index is 0.649. The summed E-state index contributed by atoms with van der Waals surface area (Å²) in [5.41, 5.74) is 0. The third kappa shape index (κ3) is 6.56. The fourth-order valence-corrected chi connectivity index (χ4v) is 1.10. The van der Waals surface area contributed by atoms with E-state index in [2.05, 4.69) is 11.4 Å². The van der Waals surface area contributed by atoms with Gasteiger partial charge in [-0.2, -0.15) is 5.26 Å². The summed E-state index contributed by atoms with van der Waals surface area (Å²) in [5, 5.41) is 11.5. The topological polar surface area (TPSA) is 45.0 Å². The SMILES string of the molecule is N#CCCCNCCOCC1CC1. The summed E-state index contributed by atoms with van der Waals surface area (Å²) in [6, 6.07) is 2.12. The van der Waals surface area contributed by atoms with Crippen molar-refractivity contribution in [2.75, 3.05) is 26.3 Å². The molecule has 0 atom stereocenters. The summed E-state index contributed by atoms with van der Waals surface area (Å²) in [6.45, 7) is 3.60. The molecular formula is C10H18N2O. The van der Waals surface area contributed by atoms with Crippen molar-refractivity contribution in [1.29, 1.82) is 5.26 Å². The van der Waals surface area contributed by atoms with Gasteiger partial charge in [-0.3, -0.25) is 0 Å². The lowest BCUT2D eigenvalue weighted by atomic mass is 10.3. The Kier molecular flexibility index (Phi) is 5.55. The predicted molar refractivity (Wildman–Crippen MR) is 51.3 cm³/mol. The highest BCUT2D eigenvalue weighted by Gasteiger charge is 2.20. The molecule has 1 saturated carbocycles. The molecule has 74 valence electrons. The highest BCUT2D eigenvalue weighted by Crippen LogP contribution is 2.28. The summed E-state index contributed by atoms with van der Waals surface area (Å²) in [4.78, 5) is 0. The molecule has 13 heavy (non-hydrogen) atoms. The van der Waals surface area contributed by atoms with Crippen molar-refractivity contribution in [3.63, 3.8) is 0 Å². The van der Waals surface area contributed by atoms with Gasteiger partial charge in [0.05, 0.1) is 12.7 Å². The van der Waals surface area contributed by atoms with Crippen molar-refractivity contribution in [3.8, 4) is 6.07 Å². The van der Waals surface area contributed by atoms with E-state index in [1.165, 1.54) is 12.8 Å². The Labute approximate surface area is 80.1 Å². The monoisotopic (exact) mass is 182 g/mol. The lowest BCUT2D eigenvalue weighted by Gasteiger charge is -2.03. The van der Waals surface area contributed by atoms with Crippen LogP contribution in [0.15, 0.2) is 0 Å². The Bertz CT molecular complexity index is 161. The van der Waals surface area contributed by atoms with Crippen LogP contribution in [0.2, 0.25) is 0 Å². The van der Waals surface area contributed by atoms with Crippen LogP contribution < -0.4 is 5.32 Å². The molecule has 1 fully saturated rings. The first-order valence-electron chi connectivity index (χ1n) is 5.09. The lowest BCUT2D eigenvalue weighted by molar-refractivity contribution is 0.126. The van der Waals surface area contributed by atoms with E-state index in [9.17, 15) is 0 Å². The van der Waals surface area contributed by atoms with Crippen LogP contribution in [0.1, 0.15) is 25.7 Å². The van der Waals surface area contributed by atoms with Crippen LogP contribution in [-0.4, -0.2) is 26.3 Å². The fourth-order valence-electron chi connectivity index (χ4n) is 1.10. The normalized spacial score (nSPS) is 15.6. The van der Waals surface area contributed by atoms with Gasteiger partial charge in [0.25, 0.3) is 0 Å². The minimum Gasteiger partial charge on any atom is -0.380 e. The number of nitrogens with zero attached hydrogens (tertiary/aromatic N) is 1. The van der Waals surface area contributed by atoms with E-state index >= 15 is 0 Å². The summed E-state index contributed by atoms with van der Waals surface area (Å²) >= 11 is 0. The number of rotatable bonds is 8. The smallest absolute Gasteiger partial charge is 0.0622 e. The Hall–Kier alpha value is -0.590. The predicted octanol–water partition coefficient (Wildman–Crippen LogP) is 1.31. The van der Waals surface area contributed by atoms with Gasteiger partial charge in [-0.05, 0) is 31.7 Å². The molecule has 0 saturated heterocycles. The molecular weight excluding hydrogens is 164 g/mol. The average molecular weight is 182 g/mol. The summed E-state index contributed by atoms with van der Waals surface area (Å²) in [6.07, 6.45) is 4.31. The van der Waals surface area contributed by atoms with Gasteiger partial charge in [0.2, 0.25) is 0 Å². The highest BCUT2D eigenvalue weighted by atomic mass is 16.5. The summed E-state index contributed by atoms with van der Waals surface area (Å²) < 4.78 is 5.44. The van der Waals surface area contributed by atoms with Crippen LogP contribution in [0.3, 0.4) is 0 Å². The van der Waals surface area contributed by atoms with Crippen molar-refractivity contribution in [2.24, 2.45) is 5.92 Å². The highest BCUT2D eigenvalue weighted by molar-refractivity contribution is 4.72. The second-order valence-corrected chi connectivity index (χ2v) is 3.53. The van der Waals surface area contributed by atoms with Gasteiger partial charge in [-0.15, -0.1) is 0 Å². The van der Waals surface area contributed by atoms with Crippen LogP contribution in [-0.2, 0) is 4.74 Å². The van der Waals surface area contributed by atoms with E-state index in [0.717, 1.165) is 38.6 Å². The molecule has 0 heterocycles. The number of ether oxygens (including phenoxy) is 1. The van der Waals surface area contributed by atoms with E-state index < -0.39 is 0 Å². The van der Waals surface area contributed by atoms with Gasteiger partial charge in [-0.1, -0.05) is 0 Å². The standard InChI is InChI=1S/C10H18N2O/c11-5-1-2-6-12-7-8-13-9-10-3-4-10/h10,12H,1-4,6-9H2. The molecule has 1 aliphatic carbocycles. The maximum atomic E-state index is 8.27. The molecule has 1 aliphatic rings. The van der Waals surface area contributed by atoms with E-state index in [-0.39, 0.29) is 0 Å². The van der Waals surface area contributed by atoms with E-state index in [0.29, 0.717) is 6.42 Å². The quantitative estimate of drug-likeness (QED) is 0.576. The van der Waals surface area contributed by atoms with Gasteiger partial charge in [0.1, 0.15) is 0 Å². The number of unbranched alkanes of at least 4 members (excludes halogenated alkanes) is 1. The molecule has 0 amide bonds.